The maximum atomic E-state index is 12.1. The summed E-state index contributed by atoms with van der Waals surface area (Å²) in [5.74, 6) is 0.650. The van der Waals surface area contributed by atoms with Gasteiger partial charge in [0.25, 0.3) is 10.1 Å². The number of rotatable bonds is 3. The van der Waals surface area contributed by atoms with Gasteiger partial charge in [0.2, 0.25) is 5.36 Å². The molecule has 2 aromatic carbocycles. The summed E-state index contributed by atoms with van der Waals surface area (Å²) in [5.41, 5.74) is 3.75. The molecule has 0 saturated heterocycles. The van der Waals surface area contributed by atoms with E-state index in [2.05, 4.69) is 6.92 Å². The smallest absolute Gasteiger partial charge is 0.295 e. The Kier molecular flexibility index (Phi) is 4.76. The van der Waals surface area contributed by atoms with Crippen LogP contribution in [0.3, 0.4) is 0 Å². The molecule has 1 aliphatic carbocycles. The van der Waals surface area contributed by atoms with E-state index in [1.165, 1.54) is 6.07 Å². The Bertz CT molecular complexity index is 1380. The van der Waals surface area contributed by atoms with Gasteiger partial charge < -0.3 is 4.42 Å². The summed E-state index contributed by atoms with van der Waals surface area (Å²) >= 11 is 0. The topological polar surface area (TPSA) is 70.5 Å². The lowest BCUT2D eigenvalue weighted by atomic mass is 9.93. The maximum Gasteiger partial charge on any atom is 0.295 e. The number of hydrogen-bond donors (Lipinski definition) is 1. The lowest BCUT2D eigenvalue weighted by Crippen LogP contribution is -2.21. The first-order valence-electron chi connectivity index (χ1n) is 9.36. The van der Waals surface area contributed by atoms with Gasteiger partial charge in [0.05, 0.1) is 6.07 Å². The lowest BCUT2D eigenvalue weighted by molar-refractivity contribution is 0.483. The number of nitrogens with zero attached hydrogens (tertiary/aromatic N) is 1. The number of fused-ring (bicyclic) bond motifs is 2. The fourth-order valence-corrected chi connectivity index (χ4v) is 4.31. The van der Waals surface area contributed by atoms with Crippen LogP contribution in [0.15, 0.2) is 70.0 Å². The van der Waals surface area contributed by atoms with Crippen molar-refractivity contribution in [3.63, 3.8) is 0 Å². The van der Waals surface area contributed by atoms with E-state index in [0.717, 1.165) is 33.9 Å². The summed E-state index contributed by atoms with van der Waals surface area (Å²) in [5, 5.41) is 1.77. The third-order valence-corrected chi connectivity index (χ3v) is 6.04. The van der Waals surface area contributed by atoms with Gasteiger partial charge in [-0.3, -0.25) is 4.55 Å². The molecule has 0 amide bonds. The third-order valence-electron chi connectivity index (χ3n) is 5.13. The minimum Gasteiger partial charge on any atom is -0.456 e. The van der Waals surface area contributed by atoms with Crippen LogP contribution in [0.1, 0.15) is 12.5 Å². The van der Waals surface area contributed by atoms with E-state index < -0.39 is 10.1 Å². The summed E-state index contributed by atoms with van der Waals surface area (Å²) in [7, 11) is -0.491. The van der Waals surface area contributed by atoms with E-state index in [4.69, 9.17) is 4.42 Å². The monoisotopic (exact) mass is 408 g/mol. The van der Waals surface area contributed by atoms with Crippen LogP contribution >= 0.6 is 0 Å². The number of aryl methyl sites for hydroxylation is 1. The third kappa shape index (κ3) is 3.45. The van der Waals surface area contributed by atoms with Gasteiger partial charge in [0, 0.05) is 28.1 Å². The highest BCUT2D eigenvalue weighted by atomic mass is 32.2. The molecule has 5 nitrogen and oxygen atoms in total. The first-order valence-corrected chi connectivity index (χ1v) is 10.8. The molecule has 0 radical (unpaired) electrons. The Hall–Kier alpha value is -2.96. The molecule has 2 aromatic rings. The molecular weight excluding hydrogens is 386 g/mol. The largest absolute Gasteiger partial charge is 0.456 e. The van der Waals surface area contributed by atoms with Gasteiger partial charge in [0.1, 0.15) is 30.3 Å². The standard InChI is InChI=1S/C23H21NO4S/c1-4-15-9-11-17-20(13-15)28-21-14-16(24(2)3)10-12-18(21)23(17)19-7-5-6-8-22(19)29(25,26)27/h5-14H,4H2,1-3H3/p+1. The molecule has 0 atom stereocenters. The Morgan fingerprint density at radius 2 is 1.72 bits per heavy atom. The van der Waals surface area contributed by atoms with Gasteiger partial charge in [0.15, 0.2) is 0 Å². The van der Waals surface area contributed by atoms with Crippen LogP contribution in [0, 0.1) is 0 Å². The molecule has 0 unspecified atom stereocenters. The molecule has 0 bridgehead atoms. The van der Waals surface area contributed by atoms with Crippen LogP contribution < -0.4 is 9.93 Å². The van der Waals surface area contributed by atoms with Gasteiger partial charge in [-0.15, -0.1) is 0 Å². The molecule has 1 heterocycles. The van der Waals surface area contributed by atoms with Crippen LogP contribution in [0.4, 0.5) is 0 Å². The molecule has 4 rings (SSSR count). The van der Waals surface area contributed by atoms with Crippen molar-refractivity contribution in [3.8, 4) is 22.5 Å². The van der Waals surface area contributed by atoms with Crippen molar-refractivity contribution in [2.45, 2.75) is 18.2 Å². The Morgan fingerprint density at radius 3 is 2.41 bits per heavy atom. The Balaban J connectivity index is 2.22. The molecule has 148 valence electrons. The lowest BCUT2D eigenvalue weighted by Gasteiger charge is -2.17. The van der Waals surface area contributed by atoms with E-state index >= 15 is 0 Å². The van der Waals surface area contributed by atoms with Crippen LogP contribution in [0.25, 0.3) is 33.4 Å². The molecule has 0 aromatic heterocycles. The van der Waals surface area contributed by atoms with Crippen LogP contribution in [-0.2, 0) is 16.5 Å². The summed E-state index contributed by atoms with van der Waals surface area (Å²) < 4.78 is 42.2. The minimum absolute atomic E-state index is 0.120. The molecule has 0 fully saturated rings. The van der Waals surface area contributed by atoms with Gasteiger partial charge >= 0.3 is 0 Å². The number of hydrogen-bond acceptors (Lipinski definition) is 3. The fraction of sp³-hybridized carbons (Fsp3) is 0.174. The molecule has 0 spiro atoms. The molecule has 0 saturated carbocycles. The molecule has 1 aliphatic heterocycles. The average molecular weight is 408 g/mol. The molecule has 1 N–H and O–H groups in total. The van der Waals surface area contributed by atoms with Crippen LogP contribution in [0.2, 0.25) is 0 Å². The molecular formula is C23H22NO4S+. The van der Waals surface area contributed by atoms with Gasteiger partial charge in [-0.2, -0.15) is 8.42 Å². The van der Waals surface area contributed by atoms with Crippen molar-refractivity contribution < 1.29 is 17.4 Å². The van der Waals surface area contributed by atoms with Crippen LogP contribution in [-0.4, -0.2) is 27.1 Å². The highest BCUT2D eigenvalue weighted by Gasteiger charge is 2.23. The SMILES string of the molecule is CCc1ccc2c(-c3ccccc3S(=O)(=O)O)c3ccc(=[N+](C)C)cc-3oc2c1. The second-order valence-electron chi connectivity index (χ2n) is 7.21. The van der Waals surface area contributed by atoms with Crippen molar-refractivity contribution in [1.29, 1.82) is 0 Å². The minimum atomic E-state index is -4.39. The summed E-state index contributed by atoms with van der Waals surface area (Å²) in [6.07, 6.45) is 0.859. The van der Waals surface area contributed by atoms with Crippen molar-refractivity contribution in [1.82, 2.24) is 4.58 Å². The average Bonchev–Trinajstić information content (AvgIpc) is 2.70. The Labute approximate surface area is 169 Å². The van der Waals surface area contributed by atoms with E-state index in [-0.39, 0.29) is 4.90 Å². The first-order chi connectivity index (χ1) is 13.8. The predicted octanol–water partition coefficient (Wildman–Crippen LogP) is 4.05. The highest BCUT2D eigenvalue weighted by Crippen LogP contribution is 2.42. The van der Waals surface area contributed by atoms with E-state index in [9.17, 15) is 13.0 Å². The first kappa shape index (κ1) is 19.4. The van der Waals surface area contributed by atoms with Crippen molar-refractivity contribution in [2.24, 2.45) is 0 Å². The zero-order valence-electron chi connectivity index (χ0n) is 16.5. The fourth-order valence-electron chi connectivity index (χ4n) is 3.61. The summed E-state index contributed by atoms with van der Waals surface area (Å²) in [4.78, 5) is -0.120. The summed E-state index contributed by atoms with van der Waals surface area (Å²) in [6.45, 7) is 2.07. The molecule has 2 aliphatic rings. The van der Waals surface area contributed by atoms with Gasteiger partial charge in [-0.05, 0) is 30.2 Å². The highest BCUT2D eigenvalue weighted by molar-refractivity contribution is 7.86. The van der Waals surface area contributed by atoms with Crippen molar-refractivity contribution in [3.05, 3.63) is 71.6 Å². The van der Waals surface area contributed by atoms with Gasteiger partial charge in [-0.1, -0.05) is 37.3 Å². The maximum absolute atomic E-state index is 12.1. The zero-order valence-corrected chi connectivity index (χ0v) is 17.3. The molecule has 29 heavy (non-hydrogen) atoms. The Morgan fingerprint density at radius 1 is 0.966 bits per heavy atom. The molecule has 6 heteroatoms. The van der Waals surface area contributed by atoms with E-state index in [0.29, 0.717) is 16.9 Å². The van der Waals surface area contributed by atoms with Crippen LogP contribution in [0.5, 0.6) is 0 Å². The zero-order chi connectivity index (χ0) is 20.8. The normalized spacial score (nSPS) is 11.9. The quantitative estimate of drug-likeness (QED) is 0.315. The van der Waals surface area contributed by atoms with E-state index in [1.807, 2.05) is 55.1 Å². The summed E-state index contributed by atoms with van der Waals surface area (Å²) in [6, 6.07) is 18.3. The van der Waals surface area contributed by atoms with Crippen molar-refractivity contribution >= 4 is 21.1 Å². The van der Waals surface area contributed by atoms with Crippen molar-refractivity contribution in [2.75, 3.05) is 14.1 Å². The number of benzene rings is 3. The second kappa shape index (κ2) is 7.13. The second-order valence-corrected chi connectivity index (χ2v) is 8.60. The van der Waals surface area contributed by atoms with Gasteiger partial charge in [-0.25, -0.2) is 4.58 Å². The van der Waals surface area contributed by atoms with E-state index in [1.54, 1.807) is 18.2 Å². The predicted molar refractivity (Wildman–Crippen MR) is 115 cm³/mol.